The average molecular weight is 266 g/mol. The Labute approximate surface area is 121 Å². The number of nitrogens with one attached hydrogen (secondary N) is 1. The minimum Gasteiger partial charge on any atom is -0.367 e. The third-order valence-corrected chi connectivity index (χ3v) is 3.93. The lowest BCUT2D eigenvalue weighted by Gasteiger charge is -2.20. The Bertz CT molecular complexity index is 577. The second-order valence-electron chi connectivity index (χ2n) is 5.40. The molecule has 20 heavy (non-hydrogen) atoms. The lowest BCUT2D eigenvalue weighted by molar-refractivity contribution is 0.725. The van der Waals surface area contributed by atoms with Gasteiger partial charge in [0, 0.05) is 25.3 Å². The maximum atomic E-state index is 3.39. The van der Waals surface area contributed by atoms with Crippen molar-refractivity contribution in [3.05, 3.63) is 65.2 Å². The molecule has 0 unspecified atom stereocenters. The molecule has 2 aromatic carbocycles. The quantitative estimate of drug-likeness (QED) is 0.892. The van der Waals surface area contributed by atoms with E-state index < -0.39 is 0 Å². The lowest BCUT2D eigenvalue weighted by Crippen LogP contribution is -2.20. The van der Waals surface area contributed by atoms with Crippen LogP contribution in [-0.2, 0) is 19.5 Å². The Hall–Kier alpha value is -1.80. The molecule has 0 radical (unpaired) electrons. The highest BCUT2D eigenvalue weighted by atomic mass is 15.1. The molecule has 2 aromatic rings. The van der Waals surface area contributed by atoms with Gasteiger partial charge >= 0.3 is 0 Å². The maximum absolute atomic E-state index is 3.39. The minimum atomic E-state index is 0.959. The second kappa shape index (κ2) is 6.10. The highest BCUT2D eigenvalue weighted by Gasteiger charge is 2.18. The fourth-order valence-corrected chi connectivity index (χ4v) is 2.90. The van der Waals surface area contributed by atoms with Gasteiger partial charge in [0.25, 0.3) is 0 Å². The Morgan fingerprint density at radius 2 is 1.90 bits per heavy atom. The maximum Gasteiger partial charge on any atom is 0.0429 e. The largest absolute Gasteiger partial charge is 0.367 e. The Morgan fingerprint density at radius 3 is 2.80 bits per heavy atom. The molecule has 0 atom stereocenters. The van der Waals surface area contributed by atoms with Gasteiger partial charge in [0.1, 0.15) is 0 Å². The van der Waals surface area contributed by atoms with E-state index in [1.807, 2.05) is 0 Å². The molecule has 0 fully saturated rings. The monoisotopic (exact) mass is 266 g/mol. The summed E-state index contributed by atoms with van der Waals surface area (Å²) in [6.45, 7) is 6.27. The van der Waals surface area contributed by atoms with E-state index in [9.17, 15) is 0 Å². The van der Waals surface area contributed by atoms with Gasteiger partial charge in [-0.15, -0.1) is 0 Å². The summed E-state index contributed by atoms with van der Waals surface area (Å²) < 4.78 is 0. The highest BCUT2D eigenvalue weighted by molar-refractivity contribution is 5.58. The molecule has 2 heteroatoms. The van der Waals surface area contributed by atoms with E-state index in [4.69, 9.17) is 0 Å². The number of anilines is 1. The molecule has 0 aromatic heterocycles. The average Bonchev–Trinajstić information content (AvgIpc) is 2.89. The number of hydrogen-bond donors (Lipinski definition) is 1. The van der Waals surface area contributed by atoms with Crippen LogP contribution >= 0.6 is 0 Å². The van der Waals surface area contributed by atoms with Crippen molar-refractivity contribution in [2.45, 2.75) is 26.4 Å². The molecule has 1 N–H and O–H groups in total. The number of para-hydroxylation sites is 1. The van der Waals surface area contributed by atoms with Crippen LogP contribution in [0.4, 0.5) is 5.69 Å². The van der Waals surface area contributed by atoms with Crippen LogP contribution in [0.5, 0.6) is 0 Å². The number of rotatable bonds is 5. The van der Waals surface area contributed by atoms with E-state index >= 15 is 0 Å². The second-order valence-corrected chi connectivity index (χ2v) is 5.40. The molecule has 0 amide bonds. The van der Waals surface area contributed by atoms with Gasteiger partial charge in [0.05, 0.1) is 0 Å². The molecule has 0 saturated carbocycles. The molecule has 104 valence electrons. The zero-order valence-electron chi connectivity index (χ0n) is 12.1. The molecule has 3 rings (SSSR count). The van der Waals surface area contributed by atoms with Crippen molar-refractivity contribution in [3.8, 4) is 0 Å². The van der Waals surface area contributed by atoms with E-state index in [-0.39, 0.29) is 0 Å². The van der Waals surface area contributed by atoms with Crippen molar-refractivity contribution in [1.29, 1.82) is 0 Å². The third-order valence-electron chi connectivity index (χ3n) is 3.93. The van der Waals surface area contributed by atoms with E-state index in [2.05, 4.69) is 65.7 Å². The summed E-state index contributed by atoms with van der Waals surface area (Å²) in [5, 5.41) is 3.39. The molecule has 1 heterocycles. The number of benzene rings is 2. The molecule has 0 aliphatic carbocycles. The summed E-state index contributed by atoms with van der Waals surface area (Å²) >= 11 is 0. The molecule has 2 nitrogen and oxygen atoms in total. The van der Waals surface area contributed by atoms with Crippen molar-refractivity contribution < 1.29 is 0 Å². The Morgan fingerprint density at radius 1 is 1.05 bits per heavy atom. The first-order valence-corrected chi connectivity index (χ1v) is 7.48. The van der Waals surface area contributed by atoms with Gasteiger partial charge in [-0.05, 0) is 35.7 Å². The van der Waals surface area contributed by atoms with Crippen LogP contribution in [0, 0.1) is 0 Å². The van der Waals surface area contributed by atoms with Gasteiger partial charge < -0.3 is 10.2 Å². The van der Waals surface area contributed by atoms with Gasteiger partial charge in [-0.1, -0.05) is 49.4 Å². The minimum absolute atomic E-state index is 0.959. The van der Waals surface area contributed by atoms with Crippen molar-refractivity contribution >= 4 is 5.69 Å². The van der Waals surface area contributed by atoms with Crippen LogP contribution in [0.1, 0.15) is 23.6 Å². The summed E-state index contributed by atoms with van der Waals surface area (Å²) in [5.41, 5.74) is 5.66. The fourth-order valence-electron chi connectivity index (χ4n) is 2.90. The predicted molar refractivity (Wildman–Crippen MR) is 85.0 cm³/mol. The molecule has 0 spiro atoms. The number of hydrogen-bond acceptors (Lipinski definition) is 2. The van der Waals surface area contributed by atoms with E-state index in [1.54, 1.807) is 0 Å². The van der Waals surface area contributed by atoms with Gasteiger partial charge in [-0.2, -0.15) is 0 Å². The van der Waals surface area contributed by atoms with Crippen LogP contribution in [0.25, 0.3) is 0 Å². The zero-order chi connectivity index (χ0) is 13.8. The smallest absolute Gasteiger partial charge is 0.0429 e. The van der Waals surface area contributed by atoms with Crippen molar-refractivity contribution in [2.75, 3.05) is 18.0 Å². The lowest BCUT2D eigenvalue weighted by atomic mass is 10.1. The normalized spacial score (nSPS) is 13.6. The molecular formula is C18H22N2. The van der Waals surface area contributed by atoms with Crippen LogP contribution in [0.3, 0.4) is 0 Å². The summed E-state index contributed by atoms with van der Waals surface area (Å²) in [4.78, 5) is 2.49. The van der Waals surface area contributed by atoms with Crippen LogP contribution in [0.15, 0.2) is 48.5 Å². The molecule has 0 saturated heterocycles. The first-order chi connectivity index (χ1) is 9.86. The zero-order valence-corrected chi connectivity index (χ0v) is 12.1. The van der Waals surface area contributed by atoms with Crippen LogP contribution < -0.4 is 10.2 Å². The van der Waals surface area contributed by atoms with Crippen molar-refractivity contribution in [2.24, 2.45) is 0 Å². The molecule has 0 bridgehead atoms. The van der Waals surface area contributed by atoms with Crippen LogP contribution in [0.2, 0.25) is 0 Å². The van der Waals surface area contributed by atoms with Crippen LogP contribution in [-0.4, -0.2) is 13.1 Å². The summed E-state index contributed by atoms with van der Waals surface area (Å²) in [6.07, 6.45) is 1.17. The van der Waals surface area contributed by atoms with Gasteiger partial charge in [0.15, 0.2) is 0 Å². The summed E-state index contributed by atoms with van der Waals surface area (Å²) in [5.74, 6) is 0. The fraction of sp³-hybridized carbons (Fsp3) is 0.333. The number of nitrogens with zero attached hydrogens (tertiary/aromatic N) is 1. The highest BCUT2D eigenvalue weighted by Crippen LogP contribution is 2.28. The van der Waals surface area contributed by atoms with Gasteiger partial charge in [-0.25, -0.2) is 0 Å². The van der Waals surface area contributed by atoms with E-state index in [1.165, 1.54) is 28.8 Å². The Kier molecular flexibility index (Phi) is 4.03. The topological polar surface area (TPSA) is 15.3 Å². The predicted octanol–water partition coefficient (Wildman–Crippen LogP) is 3.36. The summed E-state index contributed by atoms with van der Waals surface area (Å²) in [7, 11) is 0. The Balaban J connectivity index is 1.72. The molecule has 1 aliphatic rings. The van der Waals surface area contributed by atoms with E-state index in [0.717, 1.165) is 26.2 Å². The molecular weight excluding hydrogens is 244 g/mol. The van der Waals surface area contributed by atoms with Crippen molar-refractivity contribution in [3.63, 3.8) is 0 Å². The standard InChI is InChI=1S/C18H22N2/c1-2-19-13-15-6-5-7-16(12-15)14-20-11-10-17-8-3-4-9-18(17)20/h3-9,12,19H,2,10-11,13-14H2,1H3. The molecule has 1 aliphatic heterocycles. The third kappa shape index (κ3) is 2.86. The van der Waals surface area contributed by atoms with Gasteiger partial charge in [0.2, 0.25) is 0 Å². The van der Waals surface area contributed by atoms with Crippen molar-refractivity contribution in [1.82, 2.24) is 5.32 Å². The first kappa shape index (κ1) is 13.2. The van der Waals surface area contributed by atoms with Gasteiger partial charge in [-0.3, -0.25) is 0 Å². The van der Waals surface area contributed by atoms with E-state index in [0.29, 0.717) is 0 Å². The summed E-state index contributed by atoms with van der Waals surface area (Å²) in [6, 6.07) is 17.7. The number of fused-ring (bicyclic) bond motifs is 1. The SMILES string of the molecule is CCNCc1cccc(CN2CCc3ccccc32)c1. The first-order valence-electron chi connectivity index (χ1n) is 7.48.